The van der Waals surface area contributed by atoms with Crippen LogP contribution >= 0.6 is 0 Å². The van der Waals surface area contributed by atoms with Gasteiger partial charge in [-0.2, -0.15) is 0 Å². The number of terminal acetylenes is 1. The van der Waals surface area contributed by atoms with Gasteiger partial charge in [0.15, 0.2) is 8.32 Å². The first-order valence-electron chi connectivity index (χ1n) is 7.35. The standard InChI is InChI=1S/C18H28OSi/c1-8-15(2)17(14-16-12-10-9-11-13-16)19-20(6,7)18(3,4)5/h1,9-13,15,17H,14H2,2-7H3/t15-,17+/m0/s1. The quantitative estimate of drug-likeness (QED) is 0.554. The molecular formula is C18H28OSi. The third kappa shape index (κ3) is 4.51. The highest BCUT2D eigenvalue weighted by atomic mass is 28.4. The third-order valence-electron chi connectivity index (χ3n) is 4.35. The van der Waals surface area contributed by atoms with Crippen molar-refractivity contribution in [3.05, 3.63) is 35.9 Å². The lowest BCUT2D eigenvalue weighted by Crippen LogP contribution is -2.46. The average molecular weight is 289 g/mol. The van der Waals surface area contributed by atoms with Gasteiger partial charge in [-0.05, 0) is 37.0 Å². The van der Waals surface area contributed by atoms with Gasteiger partial charge in [-0.25, -0.2) is 0 Å². The molecule has 1 nitrogen and oxygen atoms in total. The molecule has 0 spiro atoms. The zero-order valence-corrected chi connectivity index (χ0v) is 14.7. The van der Waals surface area contributed by atoms with E-state index >= 15 is 0 Å². The number of hydrogen-bond donors (Lipinski definition) is 0. The molecular weight excluding hydrogens is 260 g/mol. The van der Waals surface area contributed by atoms with Gasteiger partial charge in [0, 0.05) is 5.92 Å². The molecule has 0 amide bonds. The molecule has 0 saturated heterocycles. The van der Waals surface area contributed by atoms with Crippen molar-refractivity contribution in [2.75, 3.05) is 0 Å². The molecule has 0 N–H and O–H groups in total. The second-order valence-corrected chi connectivity index (χ2v) is 11.8. The Morgan fingerprint density at radius 1 is 1.20 bits per heavy atom. The first-order chi connectivity index (χ1) is 9.17. The van der Waals surface area contributed by atoms with Crippen LogP contribution in [0.5, 0.6) is 0 Å². The van der Waals surface area contributed by atoms with Crippen LogP contribution in [0.1, 0.15) is 33.3 Å². The van der Waals surface area contributed by atoms with E-state index in [1.165, 1.54) is 5.56 Å². The van der Waals surface area contributed by atoms with Crippen LogP contribution in [0.25, 0.3) is 0 Å². The molecule has 110 valence electrons. The first-order valence-corrected chi connectivity index (χ1v) is 10.3. The second kappa shape index (κ2) is 6.61. The highest BCUT2D eigenvalue weighted by Gasteiger charge is 2.39. The van der Waals surface area contributed by atoms with Crippen molar-refractivity contribution in [1.82, 2.24) is 0 Å². The van der Waals surface area contributed by atoms with E-state index in [4.69, 9.17) is 10.8 Å². The second-order valence-electron chi connectivity index (χ2n) is 7.06. The van der Waals surface area contributed by atoms with Crippen molar-refractivity contribution in [2.45, 2.75) is 58.4 Å². The molecule has 0 fully saturated rings. The predicted molar refractivity (Wildman–Crippen MR) is 90.2 cm³/mol. The Kier molecular flexibility index (Phi) is 5.62. The van der Waals surface area contributed by atoms with Crippen molar-refractivity contribution in [3.8, 4) is 12.3 Å². The molecule has 1 aromatic carbocycles. The monoisotopic (exact) mass is 288 g/mol. The molecule has 0 aliphatic heterocycles. The van der Waals surface area contributed by atoms with E-state index in [1.807, 2.05) is 6.07 Å². The summed E-state index contributed by atoms with van der Waals surface area (Å²) >= 11 is 0. The van der Waals surface area contributed by atoms with E-state index in [2.05, 4.69) is 71.0 Å². The Labute approximate surface area is 125 Å². The van der Waals surface area contributed by atoms with E-state index in [0.29, 0.717) is 0 Å². The Morgan fingerprint density at radius 3 is 2.20 bits per heavy atom. The van der Waals surface area contributed by atoms with E-state index in [0.717, 1.165) is 6.42 Å². The van der Waals surface area contributed by atoms with Crippen molar-refractivity contribution in [2.24, 2.45) is 5.92 Å². The largest absolute Gasteiger partial charge is 0.412 e. The Hall–Kier alpha value is -1.04. The minimum absolute atomic E-state index is 0.100. The molecule has 0 aliphatic carbocycles. The van der Waals surface area contributed by atoms with Crippen LogP contribution in [-0.4, -0.2) is 14.4 Å². The van der Waals surface area contributed by atoms with Crippen molar-refractivity contribution < 1.29 is 4.43 Å². The molecule has 20 heavy (non-hydrogen) atoms. The summed E-state index contributed by atoms with van der Waals surface area (Å²) in [4.78, 5) is 0. The lowest BCUT2D eigenvalue weighted by atomic mass is 9.98. The zero-order chi connectivity index (χ0) is 15.4. The Morgan fingerprint density at radius 2 is 1.75 bits per heavy atom. The van der Waals surface area contributed by atoms with Crippen LogP contribution in [-0.2, 0) is 10.8 Å². The highest BCUT2D eigenvalue weighted by Crippen LogP contribution is 2.38. The number of benzene rings is 1. The van der Waals surface area contributed by atoms with Gasteiger partial charge < -0.3 is 4.43 Å². The maximum atomic E-state index is 6.56. The summed E-state index contributed by atoms with van der Waals surface area (Å²) in [6.07, 6.45) is 6.63. The molecule has 0 bridgehead atoms. The lowest BCUT2D eigenvalue weighted by molar-refractivity contribution is 0.149. The summed E-state index contributed by atoms with van der Waals surface area (Å²) in [5.41, 5.74) is 1.29. The number of rotatable bonds is 5. The van der Waals surface area contributed by atoms with Gasteiger partial charge in [0.1, 0.15) is 0 Å². The van der Waals surface area contributed by atoms with Gasteiger partial charge >= 0.3 is 0 Å². The van der Waals surface area contributed by atoms with Crippen LogP contribution in [0.3, 0.4) is 0 Å². The van der Waals surface area contributed by atoms with Crippen molar-refractivity contribution >= 4 is 8.32 Å². The average Bonchev–Trinajstić information content (AvgIpc) is 2.36. The Bertz CT molecular complexity index is 451. The third-order valence-corrected chi connectivity index (χ3v) is 8.86. The fourth-order valence-electron chi connectivity index (χ4n) is 1.83. The molecule has 0 aromatic heterocycles. The van der Waals surface area contributed by atoms with Crippen LogP contribution < -0.4 is 0 Å². The van der Waals surface area contributed by atoms with E-state index in [-0.39, 0.29) is 17.1 Å². The maximum absolute atomic E-state index is 6.56. The fourth-order valence-corrected chi connectivity index (χ4v) is 3.23. The van der Waals surface area contributed by atoms with Crippen LogP contribution in [0.4, 0.5) is 0 Å². The molecule has 2 heteroatoms. The smallest absolute Gasteiger partial charge is 0.192 e. The van der Waals surface area contributed by atoms with E-state index < -0.39 is 8.32 Å². The van der Waals surface area contributed by atoms with Gasteiger partial charge in [0.05, 0.1) is 6.10 Å². The molecule has 0 aliphatic rings. The minimum Gasteiger partial charge on any atom is -0.412 e. The predicted octanol–water partition coefficient (Wildman–Crippen LogP) is 4.89. The summed E-state index contributed by atoms with van der Waals surface area (Å²) in [6, 6.07) is 10.5. The van der Waals surface area contributed by atoms with Crippen LogP contribution in [0.2, 0.25) is 18.1 Å². The molecule has 0 heterocycles. The summed E-state index contributed by atoms with van der Waals surface area (Å²) in [5.74, 6) is 2.99. The van der Waals surface area contributed by atoms with Gasteiger partial charge in [0.25, 0.3) is 0 Å². The molecule has 0 unspecified atom stereocenters. The normalized spacial score (nSPS) is 15.4. The summed E-state index contributed by atoms with van der Waals surface area (Å²) in [7, 11) is -1.80. The highest BCUT2D eigenvalue weighted by molar-refractivity contribution is 6.74. The topological polar surface area (TPSA) is 9.23 Å². The van der Waals surface area contributed by atoms with Crippen molar-refractivity contribution in [3.63, 3.8) is 0 Å². The fraction of sp³-hybridized carbons (Fsp3) is 0.556. The minimum atomic E-state index is -1.80. The first kappa shape index (κ1) is 17.0. The zero-order valence-electron chi connectivity index (χ0n) is 13.7. The van der Waals surface area contributed by atoms with Crippen molar-refractivity contribution in [1.29, 1.82) is 0 Å². The molecule has 1 rings (SSSR count). The van der Waals surface area contributed by atoms with Crippen LogP contribution in [0.15, 0.2) is 30.3 Å². The van der Waals surface area contributed by atoms with Gasteiger partial charge in [-0.1, -0.05) is 51.1 Å². The van der Waals surface area contributed by atoms with Gasteiger partial charge in [-0.3, -0.25) is 0 Å². The number of hydrogen-bond acceptors (Lipinski definition) is 1. The van der Waals surface area contributed by atoms with Gasteiger partial charge in [-0.15, -0.1) is 12.3 Å². The Balaban J connectivity index is 2.89. The SMILES string of the molecule is C#C[C@H](C)[C@@H](Cc1ccccc1)O[Si](C)(C)C(C)(C)C. The maximum Gasteiger partial charge on any atom is 0.192 e. The summed E-state index contributed by atoms with van der Waals surface area (Å²) in [6.45, 7) is 13.4. The van der Waals surface area contributed by atoms with E-state index in [9.17, 15) is 0 Å². The summed E-state index contributed by atoms with van der Waals surface area (Å²) < 4.78 is 6.56. The lowest BCUT2D eigenvalue weighted by Gasteiger charge is -2.40. The summed E-state index contributed by atoms with van der Waals surface area (Å²) in [5, 5.41) is 0.205. The molecule has 0 saturated carbocycles. The van der Waals surface area contributed by atoms with E-state index in [1.54, 1.807) is 0 Å². The molecule has 0 radical (unpaired) electrons. The molecule has 1 aromatic rings. The molecule has 2 atom stereocenters. The van der Waals surface area contributed by atoms with Crippen LogP contribution in [0, 0.1) is 18.3 Å². The van der Waals surface area contributed by atoms with Gasteiger partial charge in [0.2, 0.25) is 0 Å².